The van der Waals surface area contributed by atoms with Crippen molar-refractivity contribution in [3.05, 3.63) is 67.8 Å². The first-order chi connectivity index (χ1) is 13.9. The van der Waals surface area contributed by atoms with Crippen LogP contribution in [0.15, 0.2) is 61.2 Å². The number of hydrogen-bond donors (Lipinski definition) is 1. The van der Waals surface area contributed by atoms with Crippen LogP contribution in [0.2, 0.25) is 5.15 Å². The van der Waals surface area contributed by atoms with Crippen molar-refractivity contribution in [1.82, 2.24) is 10.2 Å². The zero-order chi connectivity index (χ0) is 21.0. The van der Waals surface area contributed by atoms with Gasteiger partial charge in [-0.05, 0) is 74.3 Å². The number of ether oxygens (including phenoxy) is 1. The standard InChI is InChI=1S/C20H15Br2ClN2O3S/c1-2-19(27)28-13-9-15(21)20(16(22)10-13)29-14-4-5-17(26)11(8-14)7-12-3-6-18(23)25-24-12/h3-6,8-10,26H,2,7H2,1H3. The van der Waals surface area contributed by atoms with Gasteiger partial charge in [-0.3, -0.25) is 4.79 Å². The van der Waals surface area contributed by atoms with Crippen LogP contribution in [0, 0.1) is 0 Å². The zero-order valence-electron chi connectivity index (χ0n) is 15.2. The van der Waals surface area contributed by atoms with Crippen molar-refractivity contribution in [2.75, 3.05) is 0 Å². The van der Waals surface area contributed by atoms with Crippen LogP contribution in [0.4, 0.5) is 0 Å². The number of aromatic hydroxyl groups is 1. The van der Waals surface area contributed by atoms with Crippen molar-refractivity contribution < 1.29 is 14.6 Å². The second-order valence-electron chi connectivity index (χ2n) is 5.96. The Morgan fingerprint density at radius 2 is 1.86 bits per heavy atom. The summed E-state index contributed by atoms with van der Waals surface area (Å²) in [5, 5.41) is 18.4. The third kappa shape index (κ3) is 5.94. The number of carbonyl (C=O) groups excluding carboxylic acids is 1. The van der Waals surface area contributed by atoms with Crippen LogP contribution < -0.4 is 4.74 Å². The van der Waals surface area contributed by atoms with E-state index in [4.69, 9.17) is 16.3 Å². The first kappa shape index (κ1) is 22.1. The van der Waals surface area contributed by atoms with E-state index in [1.165, 1.54) is 11.8 Å². The number of nitrogens with zero attached hydrogens (tertiary/aromatic N) is 2. The number of esters is 1. The SMILES string of the molecule is CCC(=O)Oc1cc(Br)c(Sc2ccc(O)c(Cc3ccc(Cl)nn3)c2)c(Br)c1. The Bertz CT molecular complexity index is 1030. The quantitative estimate of drug-likeness (QED) is 0.278. The van der Waals surface area contributed by atoms with Gasteiger partial charge in [0.25, 0.3) is 0 Å². The number of carbonyl (C=O) groups is 1. The van der Waals surface area contributed by atoms with Gasteiger partial charge in [0.15, 0.2) is 5.15 Å². The number of aromatic nitrogens is 2. The lowest BCUT2D eigenvalue weighted by Gasteiger charge is -2.12. The fourth-order valence-corrected chi connectivity index (χ4v) is 5.03. The molecule has 5 nitrogen and oxygen atoms in total. The Morgan fingerprint density at radius 1 is 1.14 bits per heavy atom. The van der Waals surface area contributed by atoms with E-state index < -0.39 is 0 Å². The minimum absolute atomic E-state index is 0.186. The van der Waals surface area contributed by atoms with Crippen LogP contribution in [0.3, 0.4) is 0 Å². The van der Waals surface area contributed by atoms with Crippen molar-refractivity contribution in [2.24, 2.45) is 0 Å². The van der Waals surface area contributed by atoms with Gasteiger partial charge in [0.05, 0.1) is 5.69 Å². The summed E-state index contributed by atoms with van der Waals surface area (Å²) >= 11 is 14.4. The molecular formula is C20H15Br2ClN2O3S. The van der Waals surface area contributed by atoms with E-state index in [1.54, 1.807) is 37.3 Å². The monoisotopic (exact) mass is 556 g/mol. The van der Waals surface area contributed by atoms with E-state index in [9.17, 15) is 9.90 Å². The van der Waals surface area contributed by atoms with Crippen LogP contribution in [0.1, 0.15) is 24.6 Å². The smallest absolute Gasteiger partial charge is 0.310 e. The largest absolute Gasteiger partial charge is 0.508 e. The molecule has 0 aliphatic rings. The van der Waals surface area contributed by atoms with Gasteiger partial charge in [-0.15, -0.1) is 5.10 Å². The van der Waals surface area contributed by atoms with Crippen molar-refractivity contribution in [2.45, 2.75) is 29.6 Å². The number of phenols is 1. The minimum Gasteiger partial charge on any atom is -0.508 e. The Balaban J connectivity index is 1.83. The third-order valence-corrected chi connectivity index (χ3v) is 6.93. The highest BCUT2D eigenvalue weighted by atomic mass is 79.9. The van der Waals surface area contributed by atoms with Gasteiger partial charge >= 0.3 is 5.97 Å². The molecule has 29 heavy (non-hydrogen) atoms. The summed E-state index contributed by atoms with van der Waals surface area (Å²) in [6.45, 7) is 1.74. The highest BCUT2D eigenvalue weighted by Crippen LogP contribution is 2.42. The first-order valence-corrected chi connectivity index (χ1v) is 11.3. The van der Waals surface area contributed by atoms with E-state index in [2.05, 4.69) is 42.1 Å². The molecule has 0 spiro atoms. The van der Waals surface area contributed by atoms with Crippen LogP contribution in [0.5, 0.6) is 11.5 Å². The van der Waals surface area contributed by atoms with Gasteiger partial charge < -0.3 is 9.84 Å². The molecule has 3 aromatic rings. The molecule has 1 N–H and O–H groups in total. The number of benzene rings is 2. The molecule has 0 aliphatic heterocycles. The van der Waals surface area contributed by atoms with Crippen molar-refractivity contribution in [3.63, 3.8) is 0 Å². The molecular weight excluding hydrogens is 544 g/mol. The van der Waals surface area contributed by atoms with E-state index in [-0.39, 0.29) is 11.7 Å². The molecule has 0 amide bonds. The molecule has 2 aromatic carbocycles. The van der Waals surface area contributed by atoms with Gasteiger partial charge in [-0.1, -0.05) is 30.3 Å². The average Bonchev–Trinajstić information content (AvgIpc) is 2.68. The normalized spacial score (nSPS) is 10.8. The lowest BCUT2D eigenvalue weighted by molar-refractivity contribution is -0.134. The summed E-state index contributed by atoms with van der Waals surface area (Å²) in [7, 11) is 0. The summed E-state index contributed by atoms with van der Waals surface area (Å²) in [6, 6.07) is 12.3. The molecule has 0 fully saturated rings. The number of halogens is 3. The fourth-order valence-electron chi connectivity index (χ4n) is 2.41. The van der Waals surface area contributed by atoms with Gasteiger partial charge in [0.1, 0.15) is 11.5 Å². The molecule has 0 saturated carbocycles. The molecule has 0 aliphatic carbocycles. The molecule has 0 unspecified atom stereocenters. The van der Waals surface area contributed by atoms with Crippen molar-refractivity contribution in [3.8, 4) is 11.5 Å². The van der Waals surface area contributed by atoms with Crippen molar-refractivity contribution >= 4 is 61.2 Å². The maximum Gasteiger partial charge on any atom is 0.310 e. The van der Waals surface area contributed by atoms with E-state index >= 15 is 0 Å². The van der Waals surface area contributed by atoms with Gasteiger partial charge in [-0.25, -0.2) is 0 Å². The fraction of sp³-hybridized carbons (Fsp3) is 0.150. The zero-order valence-corrected chi connectivity index (χ0v) is 19.9. The summed E-state index contributed by atoms with van der Waals surface area (Å²) < 4.78 is 6.85. The van der Waals surface area contributed by atoms with E-state index in [1.807, 2.05) is 12.1 Å². The van der Waals surface area contributed by atoms with E-state index in [0.717, 1.165) is 24.3 Å². The lowest BCUT2D eigenvalue weighted by Crippen LogP contribution is -2.05. The van der Waals surface area contributed by atoms with Gasteiger partial charge in [0, 0.05) is 37.1 Å². The van der Waals surface area contributed by atoms with Crippen molar-refractivity contribution in [1.29, 1.82) is 0 Å². The molecule has 3 rings (SSSR count). The summed E-state index contributed by atoms with van der Waals surface area (Å²) in [5.74, 6) is 0.358. The topological polar surface area (TPSA) is 72.3 Å². The van der Waals surface area contributed by atoms with Gasteiger partial charge in [0.2, 0.25) is 0 Å². The molecule has 0 saturated heterocycles. The molecule has 1 aromatic heterocycles. The van der Waals surface area contributed by atoms with Crippen LogP contribution in [-0.2, 0) is 11.2 Å². The lowest BCUT2D eigenvalue weighted by atomic mass is 10.1. The number of phenolic OH excluding ortho intramolecular Hbond substituents is 1. The van der Waals surface area contributed by atoms with Crippen LogP contribution in [-0.4, -0.2) is 21.3 Å². The Hall–Kier alpha value is -1.61. The third-order valence-electron chi connectivity index (χ3n) is 3.82. The Kier molecular flexibility index (Phi) is 7.56. The summed E-state index contributed by atoms with van der Waals surface area (Å²) in [5.41, 5.74) is 1.43. The van der Waals surface area contributed by atoms with E-state index in [0.29, 0.717) is 29.4 Å². The Labute approximate surface area is 194 Å². The van der Waals surface area contributed by atoms with Crippen LogP contribution in [0.25, 0.3) is 0 Å². The maximum absolute atomic E-state index is 11.5. The summed E-state index contributed by atoms with van der Waals surface area (Å²) in [4.78, 5) is 13.4. The van der Waals surface area contributed by atoms with Crippen LogP contribution >= 0.6 is 55.2 Å². The molecule has 0 atom stereocenters. The number of hydrogen-bond acceptors (Lipinski definition) is 6. The second kappa shape index (κ2) is 9.93. The second-order valence-corrected chi connectivity index (χ2v) is 9.14. The first-order valence-electron chi connectivity index (χ1n) is 8.53. The number of rotatable bonds is 6. The molecule has 1 heterocycles. The molecule has 150 valence electrons. The highest BCUT2D eigenvalue weighted by Gasteiger charge is 2.14. The maximum atomic E-state index is 11.5. The summed E-state index contributed by atoms with van der Waals surface area (Å²) in [6.07, 6.45) is 0.735. The minimum atomic E-state index is -0.294. The predicted octanol–water partition coefficient (Wildman–Crippen LogP) is 6.42. The molecule has 0 radical (unpaired) electrons. The average molecular weight is 559 g/mol. The highest BCUT2D eigenvalue weighted by molar-refractivity contribution is 9.11. The molecule has 0 bridgehead atoms. The van der Waals surface area contributed by atoms with Gasteiger partial charge in [-0.2, -0.15) is 5.10 Å². The Morgan fingerprint density at radius 3 is 2.48 bits per heavy atom. The molecule has 9 heteroatoms. The predicted molar refractivity (Wildman–Crippen MR) is 120 cm³/mol.